The second kappa shape index (κ2) is 6.15. The first-order valence-corrected chi connectivity index (χ1v) is 7.03. The van der Waals surface area contributed by atoms with Gasteiger partial charge in [-0.25, -0.2) is 9.78 Å². The van der Waals surface area contributed by atoms with Gasteiger partial charge in [-0.05, 0) is 50.1 Å². The molecule has 0 atom stereocenters. The number of carbonyl (C=O) groups excluding carboxylic acids is 1. The number of carboxylic acids is 1. The van der Waals surface area contributed by atoms with E-state index in [0.29, 0.717) is 10.3 Å². The number of carboxylic acid groups (broad SMARTS) is 1. The standard InChI is InChI=1S/C13H8Br2N2O3/c14-9-5-6-16-11(10(9)15)17-12(18)7-3-1-2-4-8(7)13(19)20/h1-6H,(H,19,20)(H,16,17,18). The molecule has 5 nitrogen and oxygen atoms in total. The monoisotopic (exact) mass is 398 g/mol. The number of halogens is 2. The van der Waals surface area contributed by atoms with Crippen molar-refractivity contribution in [2.24, 2.45) is 0 Å². The van der Waals surface area contributed by atoms with Gasteiger partial charge in [0.15, 0.2) is 0 Å². The molecule has 0 aliphatic heterocycles. The lowest BCUT2D eigenvalue weighted by Crippen LogP contribution is -2.17. The minimum Gasteiger partial charge on any atom is -0.478 e. The number of carbonyl (C=O) groups is 2. The van der Waals surface area contributed by atoms with Gasteiger partial charge in [-0.2, -0.15) is 0 Å². The van der Waals surface area contributed by atoms with Crippen molar-refractivity contribution in [3.05, 3.63) is 56.6 Å². The average molecular weight is 400 g/mol. The zero-order chi connectivity index (χ0) is 14.7. The Morgan fingerprint density at radius 1 is 1.10 bits per heavy atom. The zero-order valence-corrected chi connectivity index (χ0v) is 13.1. The van der Waals surface area contributed by atoms with Crippen molar-refractivity contribution in [3.8, 4) is 0 Å². The van der Waals surface area contributed by atoms with Crippen LogP contribution in [-0.2, 0) is 0 Å². The van der Waals surface area contributed by atoms with Crippen molar-refractivity contribution < 1.29 is 14.7 Å². The van der Waals surface area contributed by atoms with Crippen LogP contribution in [0.2, 0.25) is 0 Å². The minimum atomic E-state index is -1.16. The number of benzene rings is 1. The molecule has 102 valence electrons. The quantitative estimate of drug-likeness (QED) is 0.826. The number of hydrogen-bond donors (Lipinski definition) is 2. The number of anilines is 1. The molecule has 2 aromatic rings. The zero-order valence-electron chi connectivity index (χ0n) is 9.93. The van der Waals surface area contributed by atoms with Crippen LogP contribution < -0.4 is 5.32 Å². The number of aromatic carboxylic acids is 1. The maximum absolute atomic E-state index is 12.2. The molecule has 0 radical (unpaired) electrons. The number of rotatable bonds is 3. The van der Waals surface area contributed by atoms with Gasteiger partial charge in [0, 0.05) is 10.7 Å². The van der Waals surface area contributed by atoms with Crippen LogP contribution in [0.4, 0.5) is 5.82 Å². The maximum atomic E-state index is 12.2. The highest BCUT2D eigenvalue weighted by atomic mass is 79.9. The van der Waals surface area contributed by atoms with E-state index in [-0.39, 0.29) is 11.1 Å². The van der Waals surface area contributed by atoms with Crippen molar-refractivity contribution in [3.63, 3.8) is 0 Å². The molecule has 20 heavy (non-hydrogen) atoms. The third-order valence-electron chi connectivity index (χ3n) is 2.48. The molecule has 7 heteroatoms. The molecule has 0 saturated heterocycles. The van der Waals surface area contributed by atoms with Crippen molar-refractivity contribution in [2.45, 2.75) is 0 Å². The largest absolute Gasteiger partial charge is 0.478 e. The first-order chi connectivity index (χ1) is 9.50. The van der Waals surface area contributed by atoms with Crippen LogP contribution in [-0.4, -0.2) is 22.0 Å². The summed E-state index contributed by atoms with van der Waals surface area (Å²) in [5.41, 5.74) is 0.0183. The molecule has 2 N–H and O–H groups in total. The first kappa shape index (κ1) is 14.7. The number of pyridine rings is 1. The van der Waals surface area contributed by atoms with Gasteiger partial charge in [-0.3, -0.25) is 4.79 Å². The fourth-order valence-corrected chi connectivity index (χ4v) is 2.19. The number of nitrogens with one attached hydrogen (secondary N) is 1. The topological polar surface area (TPSA) is 79.3 Å². The Balaban J connectivity index is 2.34. The molecule has 0 fully saturated rings. The molecule has 1 heterocycles. The SMILES string of the molecule is O=C(O)c1ccccc1C(=O)Nc1nccc(Br)c1Br. The fraction of sp³-hybridized carbons (Fsp3) is 0. The first-order valence-electron chi connectivity index (χ1n) is 5.44. The van der Waals surface area contributed by atoms with Gasteiger partial charge < -0.3 is 10.4 Å². The predicted octanol–water partition coefficient (Wildman–Crippen LogP) is 3.56. The summed E-state index contributed by atoms with van der Waals surface area (Å²) >= 11 is 6.59. The molecule has 1 aromatic heterocycles. The molecule has 0 spiro atoms. The summed E-state index contributed by atoms with van der Waals surface area (Å²) in [5.74, 6) is -1.38. The third-order valence-corrected chi connectivity index (χ3v) is 4.47. The van der Waals surface area contributed by atoms with Crippen LogP contribution in [0.5, 0.6) is 0 Å². The van der Waals surface area contributed by atoms with Crippen molar-refractivity contribution in [1.29, 1.82) is 0 Å². The van der Waals surface area contributed by atoms with E-state index in [1.165, 1.54) is 18.3 Å². The van der Waals surface area contributed by atoms with Crippen molar-refractivity contribution in [1.82, 2.24) is 4.98 Å². The summed E-state index contributed by atoms with van der Waals surface area (Å²) < 4.78 is 1.32. The number of aromatic nitrogens is 1. The van der Waals surface area contributed by atoms with E-state index in [9.17, 15) is 9.59 Å². The molecule has 0 unspecified atom stereocenters. The van der Waals surface area contributed by atoms with Gasteiger partial charge >= 0.3 is 5.97 Å². The fourth-order valence-electron chi connectivity index (χ4n) is 1.55. The predicted molar refractivity (Wildman–Crippen MR) is 81.0 cm³/mol. The van der Waals surface area contributed by atoms with Gasteiger partial charge in [0.2, 0.25) is 0 Å². The minimum absolute atomic E-state index is 0.0591. The van der Waals surface area contributed by atoms with E-state index in [1.807, 2.05) is 0 Å². The molecule has 1 aromatic carbocycles. The van der Waals surface area contributed by atoms with Gasteiger partial charge in [-0.15, -0.1) is 0 Å². The van der Waals surface area contributed by atoms with Crippen molar-refractivity contribution >= 4 is 49.6 Å². The van der Waals surface area contributed by atoms with Crippen LogP contribution in [0.25, 0.3) is 0 Å². The summed E-state index contributed by atoms with van der Waals surface area (Å²) in [6, 6.07) is 7.70. The maximum Gasteiger partial charge on any atom is 0.336 e. The summed E-state index contributed by atoms with van der Waals surface area (Å²) in [5, 5.41) is 11.6. The highest BCUT2D eigenvalue weighted by molar-refractivity contribution is 9.13. The van der Waals surface area contributed by atoms with E-state index < -0.39 is 11.9 Å². The van der Waals surface area contributed by atoms with Crippen molar-refractivity contribution in [2.75, 3.05) is 5.32 Å². The molecule has 1 amide bonds. The lowest BCUT2D eigenvalue weighted by Gasteiger charge is -2.09. The van der Waals surface area contributed by atoms with Crippen LogP contribution in [0.3, 0.4) is 0 Å². The Bertz CT molecular complexity index is 689. The molecule has 0 aliphatic carbocycles. The van der Waals surface area contributed by atoms with E-state index in [4.69, 9.17) is 5.11 Å². The smallest absolute Gasteiger partial charge is 0.336 e. The van der Waals surface area contributed by atoms with Gasteiger partial charge in [0.1, 0.15) is 5.82 Å². The average Bonchev–Trinajstić information content (AvgIpc) is 2.43. The summed E-state index contributed by atoms with van der Waals surface area (Å²) in [7, 11) is 0. The molecular weight excluding hydrogens is 392 g/mol. The van der Waals surface area contributed by atoms with E-state index in [1.54, 1.807) is 18.2 Å². The molecule has 0 saturated carbocycles. The Kier molecular flexibility index (Phi) is 4.51. The number of hydrogen-bond acceptors (Lipinski definition) is 3. The van der Waals surface area contributed by atoms with Crippen LogP contribution in [0, 0.1) is 0 Å². The second-order valence-electron chi connectivity index (χ2n) is 3.76. The highest BCUT2D eigenvalue weighted by Crippen LogP contribution is 2.28. The Morgan fingerprint density at radius 2 is 1.75 bits per heavy atom. The Morgan fingerprint density at radius 3 is 2.40 bits per heavy atom. The van der Waals surface area contributed by atoms with Gasteiger partial charge in [-0.1, -0.05) is 12.1 Å². The highest BCUT2D eigenvalue weighted by Gasteiger charge is 2.17. The van der Waals surface area contributed by atoms with Gasteiger partial charge in [0.05, 0.1) is 15.6 Å². The molecule has 0 aliphatic rings. The summed E-state index contributed by atoms with van der Waals surface area (Å²) in [6.07, 6.45) is 1.52. The lowest BCUT2D eigenvalue weighted by atomic mass is 10.1. The summed E-state index contributed by atoms with van der Waals surface area (Å²) in [6.45, 7) is 0. The number of amides is 1. The number of nitrogens with zero attached hydrogens (tertiary/aromatic N) is 1. The third kappa shape index (κ3) is 3.05. The van der Waals surface area contributed by atoms with E-state index in [2.05, 4.69) is 42.2 Å². The van der Waals surface area contributed by atoms with Crippen LogP contribution in [0.15, 0.2) is 45.5 Å². The molecule has 2 rings (SSSR count). The lowest BCUT2D eigenvalue weighted by molar-refractivity contribution is 0.0692. The van der Waals surface area contributed by atoms with Crippen LogP contribution in [0.1, 0.15) is 20.7 Å². The Hall–Kier alpha value is -1.73. The van der Waals surface area contributed by atoms with E-state index >= 15 is 0 Å². The van der Waals surface area contributed by atoms with Crippen LogP contribution >= 0.6 is 31.9 Å². The summed E-state index contributed by atoms with van der Waals surface area (Å²) in [4.78, 5) is 27.3. The van der Waals surface area contributed by atoms with E-state index in [0.717, 1.165) is 4.47 Å². The Labute approximate surface area is 131 Å². The van der Waals surface area contributed by atoms with Gasteiger partial charge in [0.25, 0.3) is 5.91 Å². The molecule has 0 bridgehead atoms. The normalized spacial score (nSPS) is 10.1. The second-order valence-corrected chi connectivity index (χ2v) is 5.41. The molecular formula is C13H8Br2N2O3.